The standard InChI is InChI=1S/C25H35N5O2S/c1-27(2)13-8-14-30-22-12-7-6-11-21(22)24(26-25(30)32)33-19-23(31)29-17-15-28(16-18-29)20-9-4-3-5-10-20/h3-5,9-10H,6-8,11-19H2,1-2H3. The van der Waals surface area contributed by atoms with Crippen molar-refractivity contribution in [2.45, 2.75) is 43.7 Å². The van der Waals surface area contributed by atoms with E-state index in [1.54, 1.807) is 0 Å². The van der Waals surface area contributed by atoms with Crippen molar-refractivity contribution < 1.29 is 4.79 Å². The van der Waals surface area contributed by atoms with Crippen molar-refractivity contribution in [3.8, 4) is 0 Å². The van der Waals surface area contributed by atoms with Crippen LogP contribution >= 0.6 is 11.8 Å². The van der Waals surface area contributed by atoms with E-state index in [0.717, 1.165) is 75.5 Å². The van der Waals surface area contributed by atoms with Crippen LogP contribution in [0, 0.1) is 0 Å². The van der Waals surface area contributed by atoms with Crippen molar-refractivity contribution in [3.05, 3.63) is 52.1 Å². The minimum atomic E-state index is -0.166. The first kappa shape index (κ1) is 23.8. The van der Waals surface area contributed by atoms with Gasteiger partial charge in [-0.05, 0) is 64.9 Å². The highest BCUT2D eigenvalue weighted by molar-refractivity contribution is 7.99. The summed E-state index contributed by atoms with van der Waals surface area (Å²) in [5, 5.41) is 0.773. The summed E-state index contributed by atoms with van der Waals surface area (Å²) in [4.78, 5) is 36.6. The lowest BCUT2D eigenvalue weighted by Crippen LogP contribution is -2.49. The van der Waals surface area contributed by atoms with Crippen LogP contribution in [0.2, 0.25) is 0 Å². The van der Waals surface area contributed by atoms with Crippen LogP contribution in [0.4, 0.5) is 5.69 Å². The monoisotopic (exact) mass is 469 g/mol. The summed E-state index contributed by atoms with van der Waals surface area (Å²) in [5.41, 5.74) is 3.38. The van der Waals surface area contributed by atoms with Crippen LogP contribution in [-0.4, -0.2) is 77.8 Å². The van der Waals surface area contributed by atoms with Crippen molar-refractivity contribution in [1.29, 1.82) is 0 Å². The fraction of sp³-hybridized carbons (Fsp3) is 0.560. The summed E-state index contributed by atoms with van der Waals surface area (Å²) < 4.78 is 1.88. The number of fused-ring (bicyclic) bond motifs is 1. The quantitative estimate of drug-likeness (QED) is 0.437. The van der Waals surface area contributed by atoms with Crippen LogP contribution in [0.25, 0.3) is 0 Å². The summed E-state index contributed by atoms with van der Waals surface area (Å²) in [5.74, 6) is 0.476. The molecule has 1 saturated heterocycles. The van der Waals surface area contributed by atoms with Crippen molar-refractivity contribution in [2.24, 2.45) is 0 Å². The van der Waals surface area contributed by atoms with Crippen molar-refractivity contribution in [1.82, 2.24) is 19.4 Å². The zero-order valence-corrected chi connectivity index (χ0v) is 20.6. The second kappa shape index (κ2) is 11.2. The van der Waals surface area contributed by atoms with Crippen molar-refractivity contribution >= 4 is 23.4 Å². The van der Waals surface area contributed by atoms with E-state index in [0.29, 0.717) is 12.3 Å². The van der Waals surface area contributed by atoms with E-state index in [2.05, 4.69) is 41.0 Å². The molecule has 0 saturated carbocycles. The van der Waals surface area contributed by atoms with E-state index >= 15 is 0 Å². The molecular formula is C25H35N5O2S. The molecule has 0 radical (unpaired) electrons. The molecule has 2 heterocycles. The molecule has 1 aromatic heterocycles. The normalized spacial score (nSPS) is 16.2. The van der Waals surface area contributed by atoms with E-state index in [1.807, 2.05) is 27.7 Å². The number of amides is 1. The second-order valence-electron chi connectivity index (χ2n) is 9.13. The third-order valence-electron chi connectivity index (χ3n) is 6.52. The fourth-order valence-electron chi connectivity index (χ4n) is 4.72. The number of rotatable bonds is 8. The topological polar surface area (TPSA) is 61.7 Å². The number of hydrogen-bond donors (Lipinski definition) is 0. The van der Waals surface area contributed by atoms with Gasteiger partial charge in [-0.15, -0.1) is 0 Å². The number of nitrogens with zero attached hydrogens (tertiary/aromatic N) is 5. The Morgan fingerprint density at radius 3 is 2.52 bits per heavy atom. The van der Waals surface area contributed by atoms with E-state index in [-0.39, 0.29) is 11.6 Å². The highest BCUT2D eigenvalue weighted by atomic mass is 32.2. The van der Waals surface area contributed by atoms with E-state index in [4.69, 9.17) is 0 Å². The summed E-state index contributed by atoms with van der Waals surface area (Å²) in [6, 6.07) is 10.4. The van der Waals surface area contributed by atoms with Gasteiger partial charge in [0.25, 0.3) is 0 Å². The predicted octanol–water partition coefficient (Wildman–Crippen LogP) is 2.51. The first-order valence-corrected chi connectivity index (χ1v) is 13.0. The number of para-hydroxylation sites is 1. The zero-order valence-electron chi connectivity index (χ0n) is 19.8. The van der Waals surface area contributed by atoms with Gasteiger partial charge in [0.1, 0.15) is 5.03 Å². The first-order chi connectivity index (χ1) is 16.0. The molecule has 1 aromatic carbocycles. The summed E-state index contributed by atoms with van der Waals surface area (Å²) >= 11 is 1.45. The van der Waals surface area contributed by atoms with Gasteiger partial charge in [0, 0.05) is 49.7 Å². The van der Waals surface area contributed by atoms with E-state index in [1.165, 1.54) is 23.0 Å². The lowest BCUT2D eigenvalue weighted by atomic mass is 9.97. The smallest absolute Gasteiger partial charge is 0.348 e. The molecule has 2 aromatic rings. The van der Waals surface area contributed by atoms with Crippen LogP contribution in [0.5, 0.6) is 0 Å². The Balaban J connectivity index is 1.37. The SMILES string of the molecule is CN(C)CCCn1c2c(c(SCC(=O)N3CCN(c4ccccc4)CC3)nc1=O)CCCC2. The van der Waals surface area contributed by atoms with Gasteiger partial charge in [0.15, 0.2) is 0 Å². The predicted molar refractivity (Wildman–Crippen MR) is 134 cm³/mol. The lowest BCUT2D eigenvalue weighted by molar-refractivity contribution is -0.128. The van der Waals surface area contributed by atoms with Gasteiger partial charge < -0.3 is 14.7 Å². The number of carbonyl (C=O) groups excluding carboxylic acids is 1. The van der Waals surface area contributed by atoms with Gasteiger partial charge in [-0.25, -0.2) is 4.79 Å². The Morgan fingerprint density at radius 1 is 1.06 bits per heavy atom. The van der Waals surface area contributed by atoms with Gasteiger partial charge in [0.05, 0.1) is 5.75 Å². The number of hydrogen-bond acceptors (Lipinski definition) is 6. The first-order valence-electron chi connectivity index (χ1n) is 12.0. The number of thioether (sulfide) groups is 1. The second-order valence-corrected chi connectivity index (χ2v) is 10.1. The number of aromatic nitrogens is 2. The molecule has 1 fully saturated rings. The summed E-state index contributed by atoms with van der Waals surface area (Å²) in [7, 11) is 4.10. The molecular weight excluding hydrogens is 434 g/mol. The van der Waals surface area contributed by atoms with Gasteiger partial charge in [0.2, 0.25) is 5.91 Å². The molecule has 0 atom stereocenters. The maximum Gasteiger partial charge on any atom is 0.348 e. The minimum Gasteiger partial charge on any atom is -0.368 e. The van der Waals surface area contributed by atoms with Gasteiger partial charge >= 0.3 is 5.69 Å². The molecule has 0 N–H and O–H groups in total. The number of benzene rings is 1. The lowest BCUT2D eigenvalue weighted by Gasteiger charge is -2.36. The minimum absolute atomic E-state index is 0.134. The molecule has 4 rings (SSSR count). The zero-order chi connectivity index (χ0) is 23.2. The van der Waals surface area contributed by atoms with Gasteiger partial charge in [-0.2, -0.15) is 4.98 Å². The molecule has 2 aliphatic rings. The van der Waals surface area contributed by atoms with Crippen LogP contribution in [0.15, 0.2) is 40.2 Å². The Labute approximate surface area is 200 Å². The molecule has 0 unspecified atom stereocenters. The maximum atomic E-state index is 12.9. The molecule has 178 valence electrons. The Kier molecular flexibility index (Phi) is 8.09. The largest absolute Gasteiger partial charge is 0.368 e. The van der Waals surface area contributed by atoms with Crippen LogP contribution < -0.4 is 10.6 Å². The van der Waals surface area contributed by atoms with E-state index in [9.17, 15) is 9.59 Å². The molecule has 0 bridgehead atoms. The molecule has 8 heteroatoms. The van der Waals surface area contributed by atoms with Crippen molar-refractivity contribution in [2.75, 3.05) is 57.5 Å². The maximum absolute atomic E-state index is 12.9. The van der Waals surface area contributed by atoms with Crippen LogP contribution in [-0.2, 0) is 24.2 Å². The molecule has 1 aliphatic carbocycles. The molecule has 0 spiro atoms. The van der Waals surface area contributed by atoms with E-state index < -0.39 is 0 Å². The average molecular weight is 470 g/mol. The molecule has 1 aliphatic heterocycles. The van der Waals surface area contributed by atoms with Crippen LogP contribution in [0.3, 0.4) is 0 Å². The molecule has 33 heavy (non-hydrogen) atoms. The highest BCUT2D eigenvalue weighted by Crippen LogP contribution is 2.29. The third kappa shape index (κ3) is 5.98. The van der Waals surface area contributed by atoms with Gasteiger partial charge in [-0.1, -0.05) is 30.0 Å². The van der Waals surface area contributed by atoms with Gasteiger partial charge in [-0.3, -0.25) is 9.36 Å². The molecule has 1 amide bonds. The number of anilines is 1. The number of carbonyl (C=O) groups is 1. The average Bonchev–Trinajstić information content (AvgIpc) is 2.84. The summed E-state index contributed by atoms with van der Waals surface area (Å²) in [6.07, 6.45) is 5.04. The Hall–Kier alpha value is -2.32. The Morgan fingerprint density at radius 2 is 1.79 bits per heavy atom. The fourth-order valence-corrected chi connectivity index (χ4v) is 5.70. The third-order valence-corrected chi connectivity index (χ3v) is 7.53. The number of piperazine rings is 1. The van der Waals surface area contributed by atoms with Crippen LogP contribution in [0.1, 0.15) is 30.5 Å². The highest BCUT2D eigenvalue weighted by Gasteiger charge is 2.24. The van der Waals surface area contributed by atoms with Crippen molar-refractivity contribution in [3.63, 3.8) is 0 Å². The Bertz CT molecular complexity index is 1000. The molecule has 7 nitrogen and oxygen atoms in total. The summed E-state index contributed by atoms with van der Waals surface area (Å²) in [6.45, 7) is 4.81.